The summed E-state index contributed by atoms with van der Waals surface area (Å²) in [5.41, 5.74) is 6.61. The van der Waals surface area contributed by atoms with Crippen LogP contribution in [0.1, 0.15) is 37.4 Å². The summed E-state index contributed by atoms with van der Waals surface area (Å²) in [5.74, 6) is 1.57. The number of aromatic nitrogens is 5. The molecule has 2 fully saturated rings. The third kappa shape index (κ3) is 3.08. The largest absolute Gasteiger partial charge is 0.381 e. The molecule has 32 heavy (non-hydrogen) atoms. The summed E-state index contributed by atoms with van der Waals surface area (Å²) in [7, 11) is 1.76. The Morgan fingerprint density at radius 3 is 2.97 bits per heavy atom. The number of hydrogen-bond donors (Lipinski definition) is 2. The number of nitrogens with zero attached hydrogens (tertiary/aromatic N) is 4. The summed E-state index contributed by atoms with van der Waals surface area (Å²) in [5, 5.41) is 7.81. The summed E-state index contributed by atoms with van der Waals surface area (Å²) in [6.07, 6.45) is 6.79. The molecule has 8 heteroatoms. The van der Waals surface area contributed by atoms with Gasteiger partial charge in [0.05, 0.1) is 11.9 Å². The van der Waals surface area contributed by atoms with Gasteiger partial charge in [0.25, 0.3) is 5.91 Å². The summed E-state index contributed by atoms with van der Waals surface area (Å²) < 4.78 is 5.41. The Balaban J connectivity index is 1.26. The van der Waals surface area contributed by atoms with E-state index in [9.17, 15) is 4.79 Å². The number of pyridine rings is 1. The Hall–Kier alpha value is -3.00. The third-order valence-electron chi connectivity index (χ3n) is 7.75. The first-order valence-corrected chi connectivity index (χ1v) is 11.4. The first-order chi connectivity index (χ1) is 15.4. The Morgan fingerprint density at radius 2 is 2.16 bits per heavy atom. The molecule has 4 heterocycles. The van der Waals surface area contributed by atoms with Gasteiger partial charge in [-0.1, -0.05) is 13.5 Å². The van der Waals surface area contributed by atoms with Gasteiger partial charge in [-0.2, -0.15) is 5.10 Å². The Morgan fingerprint density at radius 1 is 1.34 bits per heavy atom. The average Bonchev–Trinajstić information content (AvgIpc) is 3.11. The van der Waals surface area contributed by atoms with Crippen molar-refractivity contribution in [3.8, 4) is 11.5 Å². The van der Waals surface area contributed by atoms with Gasteiger partial charge in [-0.25, -0.2) is 9.97 Å². The molecular weight excluding hydrogens is 404 g/mol. The van der Waals surface area contributed by atoms with Gasteiger partial charge in [0, 0.05) is 37.1 Å². The van der Waals surface area contributed by atoms with Crippen molar-refractivity contribution >= 4 is 22.8 Å². The number of anilines is 1. The van der Waals surface area contributed by atoms with E-state index >= 15 is 0 Å². The van der Waals surface area contributed by atoms with Gasteiger partial charge < -0.3 is 14.6 Å². The zero-order valence-electron chi connectivity index (χ0n) is 18.6. The van der Waals surface area contributed by atoms with Crippen LogP contribution in [-0.2, 0) is 22.4 Å². The minimum absolute atomic E-state index is 0.0809. The molecule has 1 amide bonds. The van der Waals surface area contributed by atoms with E-state index in [1.165, 1.54) is 17.7 Å². The molecule has 0 unspecified atom stereocenters. The first-order valence-electron chi connectivity index (χ1n) is 11.4. The Bertz CT molecular complexity index is 1240. The summed E-state index contributed by atoms with van der Waals surface area (Å²) >= 11 is 0. The van der Waals surface area contributed by atoms with Crippen molar-refractivity contribution in [3.05, 3.63) is 35.7 Å². The summed E-state index contributed by atoms with van der Waals surface area (Å²) in [6, 6.07) is 1.90. The van der Waals surface area contributed by atoms with Gasteiger partial charge in [-0.3, -0.25) is 9.89 Å². The number of aromatic amines is 2. The van der Waals surface area contributed by atoms with Crippen LogP contribution in [0.15, 0.2) is 24.4 Å². The lowest BCUT2D eigenvalue weighted by molar-refractivity contribution is -0.115. The lowest BCUT2D eigenvalue weighted by atomic mass is 9.88. The lowest BCUT2D eigenvalue weighted by Crippen LogP contribution is -2.32. The lowest BCUT2D eigenvalue weighted by Gasteiger charge is -2.26. The molecular formula is C24H28N6O2. The number of imidazole rings is 1. The normalized spacial score (nSPS) is 24.8. The van der Waals surface area contributed by atoms with E-state index in [0.717, 1.165) is 48.6 Å². The maximum absolute atomic E-state index is 13.0. The number of carbonyl (C=O) groups is 1. The fourth-order valence-electron chi connectivity index (χ4n) is 5.39. The van der Waals surface area contributed by atoms with Gasteiger partial charge >= 0.3 is 0 Å². The van der Waals surface area contributed by atoms with Crippen molar-refractivity contribution in [1.29, 1.82) is 0 Å². The highest BCUT2D eigenvalue weighted by atomic mass is 16.5. The van der Waals surface area contributed by atoms with Gasteiger partial charge in [0.1, 0.15) is 11.2 Å². The van der Waals surface area contributed by atoms with Crippen LogP contribution in [0.2, 0.25) is 0 Å². The second-order valence-electron chi connectivity index (χ2n) is 9.89. The molecule has 3 aromatic rings. The van der Waals surface area contributed by atoms with Crippen LogP contribution in [0, 0.1) is 17.3 Å². The topological polar surface area (TPSA) is 99.8 Å². The number of rotatable bonds is 4. The van der Waals surface area contributed by atoms with Gasteiger partial charge in [0.2, 0.25) is 0 Å². The van der Waals surface area contributed by atoms with E-state index < -0.39 is 0 Å². The molecule has 166 valence electrons. The molecule has 0 bridgehead atoms. The quantitative estimate of drug-likeness (QED) is 0.616. The van der Waals surface area contributed by atoms with E-state index in [2.05, 4.69) is 33.7 Å². The molecule has 0 spiro atoms. The van der Waals surface area contributed by atoms with Crippen LogP contribution >= 0.6 is 0 Å². The second-order valence-corrected chi connectivity index (χ2v) is 9.89. The van der Waals surface area contributed by atoms with Crippen molar-refractivity contribution in [1.82, 2.24) is 25.1 Å². The number of fused-ring (bicyclic) bond motifs is 3. The van der Waals surface area contributed by atoms with E-state index in [-0.39, 0.29) is 11.8 Å². The molecule has 8 nitrogen and oxygen atoms in total. The minimum atomic E-state index is -0.0809. The molecule has 2 aliphatic carbocycles. The molecule has 2 atom stereocenters. The smallest absolute Gasteiger partial charge is 0.253 e. The van der Waals surface area contributed by atoms with Crippen LogP contribution in [0.25, 0.3) is 22.7 Å². The van der Waals surface area contributed by atoms with Gasteiger partial charge in [-0.15, -0.1) is 0 Å². The van der Waals surface area contributed by atoms with E-state index in [1.807, 2.05) is 6.07 Å². The molecule has 2 N–H and O–H groups in total. The van der Waals surface area contributed by atoms with Crippen LogP contribution in [0.3, 0.4) is 0 Å². The molecule has 0 aromatic carbocycles. The maximum atomic E-state index is 13.0. The molecule has 3 aromatic heterocycles. The predicted octanol–water partition coefficient (Wildman–Crippen LogP) is 3.42. The molecule has 1 aliphatic heterocycles. The number of ether oxygens (including phenoxy) is 1. The van der Waals surface area contributed by atoms with Crippen molar-refractivity contribution < 1.29 is 9.53 Å². The number of hydrogen-bond acceptors (Lipinski definition) is 5. The first kappa shape index (κ1) is 19.7. The van der Waals surface area contributed by atoms with Crippen molar-refractivity contribution in [2.45, 2.75) is 39.0 Å². The average molecular weight is 433 g/mol. The monoisotopic (exact) mass is 432 g/mol. The van der Waals surface area contributed by atoms with E-state index in [1.54, 1.807) is 18.1 Å². The second kappa shape index (κ2) is 7.00. The molecule has 1 saturated heterocycles. The summed E-state index contributed by atoms with van der Waals surface area (Å²) in [6.45, 7) is 7.81. The van der Waals surface area contributed by atoms with Gasteiger partial charge in [-0.05, 0) is 55.4 Å². The van der Waals surface area contributed by atoms with E-state index in [0.29, 0.717) is 35.5 Å². The van der Waals surface area contributed by atoms with Crippen LogP contribution < -0.4 is 4.90 Å². The highest BCUT2D eigenvalue weighted by Gasteiger charge is 2.53. The molecule has 6 rings (SSSR count). The molecule has 0 radical (unpaired) electrons. The highest BCUT2D eigenvalue weighted by molar-refractivity contribution is 6.05. The number of nitrogens with one attached hydrogen (secondary N) is 2. The minimum Gasteiger partial charge on any atom is -0.381 e. The van der Waals surface area contributed by atoms with Crippen molar-refractivity contribution in [2.75, 3.05) is 25.2 Å². The highest BCUT2D eigenvalue weighted by Crippen LogP contribution is 2.59. The standard InChI is InChI=1S/C24H28N6O2/c1-13(14-4-6-32-7-5-14)23(31)30(3)16-9-18-21(25-12-16)27-22(26-18)20-17-8-15-10-24(15,2)11-19(17)28-29-20/h9,12,14-15H,1,4-8,10-11H2,2-3H3,(H,28,29)(H,25,26,27)/t15-,24-/m1/s1. The number of H-pyrrole nitrogens is 2. The van der Waals surface area contributed by atoms with Crippen LogP contribution in [-0.4, -0.2) is 51.3 Å². The third-order valence-corrected chi connectivity index (χ3v) is 7.75. The van der Waals surface area contributed by atoms with Crippen LogP contribution in [0.5, 0.6) is 0 Å². The Kier molecular flexibility index (Phi) is 4.30. The van der Waals surface area contributed by atoms with Crippen molar-refractivity contribution in [3.63, 3.8) is 0 Å². The van der Waals surface area contributed by atoms with Crippen molar-refractivity contribution in [2.24, 2.45) is 17.3 Å². The zero-order valence-corrected chi connectivity index (χ0v) is 18.6. The fraction of sp³-hybridized carbons (Fsp3) is 0.500. The predicted molar refractivity (Wildman–Crippen MR) is 121 cm³/mol. The number of carbonyl (C=O) groups excluding carboxylic acids is 1. The fourth-order valence-corrected chi connectivity index (χ4v) is 5.39. The Labute approximate surface area is 186 Å². The van der Waals surface area contributed by atoms with E-state index in [4.69, 9.17) is 9.72 Å². The summed E-state index contributed by atoms with van der Waals surface area (Å²) in [4.78, 5) is 27.3. The zero-order chi connectivity index (χ0) is 22.0. The SMILES string of the molecule is C=C(C(=O)N(C)c1cnc2[nH]c(-c3n[nH]c4c3C[C@@H]3C[C@]3(C)C4)nc2c1)C1CCOCC1. The number of amides is 1. The molecule has 3 aliphatic rings. The number of likely N-dealkylation sites (N-methyl/N-ethyl adjacent to an activating group) is 1. The molecule has 1 saturated carbocycles. The maximum Gasteiger partial charge on any atom is 0.253 e. The van der Waals surface area contributed by atoms with Gasteiger partial charge in [0.15, 0.2) is 11.5 Å². The van der Waals surface area contributed by atoms with Crippen LogP contribution in [0.4, 0.5) is 5.69 Å².